The first-order valence-corrected chi connectivity index (χ1v) is 7.84. The lowest BCUT2D eigenvalue weighted by atomic mass is 10.1. The van der Waals surface area contributed by atoms with Crippen molar-refractivity contribution in [2.24, 2.45) is 0 Å². The number of rotatable bonds is 6. The average Bonchev–Trinajstić information content (AvgIpc) is 2.46. The number of carbonyl (C=O) groups excluding carboxylic acids is 3. The molecule has 6 nitrogen and oxygen atoms in total. The number of hydrogen-bond acceptors (Lipinski definition) is 5. The van der Waals surface area contributed by atoms with Crippen molar-refractivity contribution in [3.8, 4) is 0 Å². The highest BCUT2D eigenvalue weighted by molar-refractivity contribution is 8.00. The molecular weight excluding hydrogens is 304 g/mol. The number of imide groups is 1. The predicted octanol–water partition coefficient (Wildman–Crippen LogP) is 1.78. The number of thioether (sulfide) groups is 1. The fourth-order valence-corrected chi connectivity index (χ4v) is 2.29. The predicted molar refractivity (Wildman–Crippen MR) is 84.8 cm³/mol. The maximum absolute atomic E-state index is 11.6. The normalized spacial score (nSPS) is 9.95. The minimum absolute atomic E-state index is 0.108. The minimum atomic E-state index is -0.657. The Morgan fingerprint density at radius 1 is 1.18 bits per heavy atom. The number of carbonyl (C=O) groups is 3. The van der Waals surface area contributed by atoms with Crippen molar-refractivity contribution in [2.45, 2.75) is 25.7 Å². The van der Waals surface area contributed by atoms with Crippen LogP contribution in [0.1, 0.15) is 18.1 Å². The first kappa shape index (κ1) is 18.0. The van der Waals surface area contributed by atoms with Crippen molar-refractivity contribution >= 4 is 29.7 Å². The average molecular weight is 324 g/mol. The first-order valence-electron chi connectivity index (χ1n) is 6.85. The summed E-state index contributed by atoms with van der Waals surface area (Å²) in [5.74, 6) is -1.05. The highest BCUT2D eigenvalue weighted by Gasteiger charge is 2.10. The molecule has 0 aliphatic carbocycles. The molecule has 0 bridgehead atoms. The van der Waals surface area contributed by atoms with E-state index < -0.39 is 24.5 Å². The molecule has 0 saturated carbocycles. The molecule has 0 unspecified atom stereocenters. The summed E-state index contributed by atoms with van der Waals surface area (Å²) in [4.78, 5) is 34.9. The monoisotopic (exact) mass is 324 g/mol. The van der Waals surface area contributed by atoms with E-state index in [4.69, 9.17) is 4.74 Å². The second-order valence-corrected chi connectivity index (χ2v) is 5.65. The molecule has 1 aromatic carbocycles. The molecule has 0 fully saturated rings. The van der Waals surface area contributed by atoms with Crippen LogP contribution in [0.15, 0.2) is 23.1 Å². The highest BCUT2D eigenvalue weighted by Crippen LogP contribution is 2.20. The zero-order valence-corrected chi connectivity index (χ0v) is 13.7. The summed E-state index contributed by atoms with van der Waals surface area (Å²) in [7, 11) is 0. The van der Waals surface area contributed by atoms with Gasteiger partial charge in [-0.1, -0.05) is 6.07 Å². The van der Waals surface area contributed by atoms with Crippen LogP contribution < -0.4 is 10.6 Å². The van der Waals surface area contributed by atoms with Gasteiger partial charge in [0.2, 0.25) is 0 Å². The topological polar surface area (TPSA) is 84.5 Å². The number of urea groups is 1. The van der Waals surface area contributed by atoms with E-state index in [0.717, 1.165) is 10.5 Å². The van der Waals surface area contributed by atoms with Crippen molar-refractivity contribution in [2.75, 3.05) is 18.9 Å². The summed E-state index contributed by atoms with van der Waals surface area (Å²) in [6.07, 6.45) is 0. The van der Waals surface area contributed by atoms with Crippen molar-refractivity contribution in [1.29, 1.82) is 0 Å². The SMILES string of the molecule is CCNC(=O)NC(=O)COC(=O)CSc1ccc(C)c(C)c1. The third-order valence-corrected chi connectivity index (χ3v) is 3.76. The van der Waals surface area contributed by atoms with Gasteiger partial charge in [0.25, 0.3) is 5.91 Å². The number of benzene rings is 1. The molecule has 0 saturated heterocycles. The number of ether oxygens (including phenoxy) is 1. The van der Waals surface area contributed by atoms with Crippen LogP contribution in [0.3, 0.4) is 0 Å². The van der Waals surface area contributed by atoms with Gasteiger partial charge in [0, 0.05) is 11.4 Å². The molecule has 0 atom stereocenters. The van der Waals surface area contributed by atoms with E-state index >= 15 is 0 Å². The molecule has 3 amide bonds. The van der Waals surface area contributed by atoms with Crippen LogP contribution in [0.5, 0.6) is 0 Å². The van der Waals surface area contributed by atoms with Crippen molar-refractivity contribution in [1.82, 2.24) is 10.6 Å². The van der Waals surface area contributed by atoms with E-state index in [-0.39, 0.29) is 5.75 Å². The van der Waals surface area contributed by atoms with Gasteiger partial charge in [0.1, 0.15) is 0 Å². The lowest BCUT2D eigenvalue weighted by Gasteiger charge is -2.07. The van der Waals surface area contributed by atoms with Crippen LogP contribution in [0.25, 0.3) is 0 Å². The van der Waals surface area contributed by atoms with Gasteiger partial charge in [-0.2, -0.15) is 0 Å². The summed E-state index contributed by atoms with van der Waals surface area (Å²) >= 11 is 1.34. The molecule has 0 aliphatic heterocycles. The maximum Gasteiger partial charge on any atom is 0.321 e. The molecule has 1 rings (SSSR count). The van der Waals surface area contributed by atoms with Gasteiger partial charge < -0.3 is 10.1 Å². The summed E-state index contributed by atoms with van der Waals surface area (Å²) < 4.78 is 4.81. The van der Waals surface area contributed by atoms with Gasteiger partial charge in [-0.3, -0.25) is 14.9 Å². The molecule has 0 spiro atoms. The van der Waals surface area contributed by atoms with Crippen LogP contribution in [0.4, 0.5) is 4.79 Å². The standard InChI is InChI=1S/C15H20N2O4S/c1-4-16-15(20)17-13(18)8-21-14(19)9-22-12-6-5-10(2)11(3)7-12/h5-7H,4,8-9H2,1-3H3,(H2,16,17,18,20). The molecule has 0 aliphatic rings. The zero-order valence-electron chi connectivity index (χ0n) is 12.9. The Balaban J connectivity index is 2.30. The van der Waals surface area contributed by atoms with E-state index in [0.29, 0.717) is 6.54 Å². The minimum Gasteiger partial charge on any atom is -0.455 e. The second-order valence-electron chi connectivity index (χ2n) is 4.60. The Kier molecular flexibility index (Phi) is 7.45. The van der Waals surface area contributed by atoms with Gasteiger partial charge >= 0.3 is 12.0 Å². The summed E-state index contributed by atoms with van der Waals surface area (Å²) in [5, 5.41) is 4.46. The number of amides is 3. The Morgan fingerprint density at radius 2 is 1.91 bits per heavy atom. The molecule has 22 heavy (non-hydrogen) atoms. The summed E-state index contributed by atoms with van der Waals surface area (Å²) in [5.41, 5.74) is 2.34. The van der Waals surface area contributed by atoms with Crippen LogP contribution in [-0.4, -0.2) is 36.8 Å². The third kappa shape index (κ3) is 6.62. The van der Waals surface area contributed by atoms with Gasteiger partial charge in [0.05, 0.1) is 5.75 Å². The molecular formula is C15H20N2O4S. The number of nitrogens with one attached hydrogen (secondary N) is 2. The third-order valence-electron chi connectivity index (χ3n) is 2.79. The Labute approximate surface area is 134 Å². The van der Waals surface area contributed by atoms with Crippen LogP contribution in [0, 0.1) is 13.8 Å². The van der Waals surface area contributed by atoms with Crippen molar-refractivity contribution in [3.63, 3.8) is 0 Å². The quantitative estimate of drug-likeness (QED) is 0.615. The van der Waals surface area contributed by atoms with E-state index in [1.807, 2.05) is 32.0 Å². The lowest BCUT2D eigenvalue weighted by Crippen LogP contribution is -2.41. The smallest absolute Gasteiger partial charge is 0.321 e. The van der Waals surface area contributed by atoms with E-state index in [9.17, 15) is 14.4 Å². The maximum atomic E-state index is 11.6. The van der Waals surface area contributed by atoms with E-state index in [2.05, 4.69) is 10.6 Å². The summed E-state index contributed by atoms with van der Waals surface area (Å²) in [6, 6.07) is 5.31. The fraction of sp³-hybridized carbons (Fsp3) is 0.400. The zero-order chi connectivity index (χ0) is 16.5. The van der Waals surface area contributed by atoms with E-state index in [1.165, 1.54) is 17.3 Å². The van der Waals surface area contributed by atoms with E-state index in [1.54, 1.807) is 6.92 Å². The first-order chi connectivity index (χ1) is 10.4. The molecule has 1 aromatic rings. The second kappa shape index (κ2) is 9.09. The highest BCUT2D eigenvalue weighted by atomic mass is 32.2. The molecule has 0 heterocycles. The molecule has 0 radical (unpaired) electrons. The van der Waals surface area contributed by atoms with Crippen molar-refractivity contribution < 1.29 is 19.1 Å². The number of hydrogen-bond donors (Lipinski definition) is 2. The summed E-state index contributed by atoms with van der Waals surface area (Å²) in [6.45, 7) is 5.69. The lowest BCUT2D eigenvalue weighted by molar-refractivity contribution is -0.145. The Morgan fingerprint density at radius 3 is 2.55 bits per heavy atom. The van der Waals surface area contributed by atoms with Crippen LogP contribution >= 0.6 is 11.8 Å². The Hall–Kier alpha value is -2.02. The molecule has 120 valence electrons. The molecule has 2 N–H and O–H groups in total. The van der Waals surface area contributed by atoms with Gasteiger partial charge in [-0.05, 0) is 44.0 Å². The van der Waals surface area contributed by atoms with Gasteiger partial charge in [-0.15, -0.1) is 11.8 Å². The van der Waals surface area contributed by atoms with Crippen LogP contribution in [-0.2, 0) is 14.3 Å². The van der Waals surface area contributed by atoms with Crippen molar-refractivity contribution in [3.05, 3.63) is 29.3 Å². The Bertz CT molecular complexity index is 560. The van der Waals surface area contributed by atoms with Gasteiger partial charge in [0.15, 0.2) is 6.61 Å². The number of aryl methyl sites for hydroxylation is 2. The molecule has 0 aromatic heterocycles. The largest absolute Gasteiger partial charge is 0.455 e. The molecule has 7 heteroatoms. The van der Waals surface area contributed by atoms with Gasteiger partial charge in [-0.25, -0.2) is 4.79 Å². The van der Waals surface area contributed by atoms with Crippen LogP contribution in [0.2, 0.25) is 0 Å². The fourth-order valence-electron chi connectivity index (χ4n) is 1.50. The number of esters is 1.